The maximum atomic E-state index is 6.19. The second kappa shape index (κ2) is 4.61. The van der Waals surface area contributed by atoms with E-state index in [-0.39, 0.29) is 11.8 Å². The Morgan fingerprint density at radius 1 is 1.06 bits per heavy atom. The molecule has 1 aromatic carbocycles. The predicted molar refractivity (Wildman–Crippen MR) is 73.8 cm³/mol. The highest BCUT2D eigenvalue weighted by molar-refractivity contribution is 7.47. The van der Waals surface area contributed by atoms with E-state index in [0.29, 0.717) is 22.4 Å². The minimum atomic E-state index is 0.199. The molecule has 0 aliphatic rings. The number of rotatable bonds is 3. The Labute approximate surface area is 111 Å². The Hall–Kier alpha value is -1.56. The first-order valence-electron chi connectivity index (χ1n) is 5.89. The van der Waals surface area contributed by atoms with Crippen LogP contribution in [0.3, 0.4) is 0 Å². The second-order valence-electron chi connectivity index (χ2n) is 4.95. The molecule has 0 saturated carbocycles. The minimum absolute atomic E-state index is 0.199. The minimum Gasteiger partial charge on any atom is -0.397 e. The van der Waals surface area contributed by atoms with E-state index in [1.165, 1.54) is 0 Å². The van der Waals surface area contributed by atoms with E-state index < -0.39 is 0 Å². The van der Waals surface area contributed by atoms with Crippen molar-refractivity contribution in [1.29, 1.82) is 0 Å². The predicted octanol–water partition coefficient (Wildman–Crippen LogP) is 3.41. The van der Waals surface area contributed by atoms with Crippen molar-refractivity contribution in [3.63, 3.8) is 0 Å². The molecule has 0 aliphatic heterocycles. The SMILES string of the molecule is CC(C)c1c(N)c(N=S)c(C(C)C)c2nonc12. The Balaban J connectivity index is 2.97. The van der Waals surface area contributed by atoms with Crippen LogP contribution in [0, 0.1) is 0 Å². The summed E-state index contributed by atoms with van der Waals surface area (Å²) in [4.78, 5) is 0. The van der Waals surface area contributed by atoms with E-state index in [1.54, 1.807) is 0 Å². The third-order valence-corrected chi connectivity index (χ3v) is 3.23. The van der Waals surface area contributed by atoms with Gasteiger partial charge in [-0.3, -0.25) is 0 Å². The third kappa shape index (κ3) is 1.77. The van der Waals surface area contributed by atoms with Gasteiger partial charge in [0.05, 0.1) is 5.69 Å². The van der Waals surface area contributed by atoms with Crippen molar-refractivity contribution in [2.24, 2.45) is 4.36 Å². The number of fused-ring (bicyclic) bond motifs is 1. The van der Waals surface area contributed by atoms with Crippen LogP contribution in [-0.4, -0.2) is 10.3 Å². The molecule has 0 atom stereocenters. The molecule has 0 unspecified atom stereocenters. The van der Waals surface area contributed by atoms with E-state index >= 15 is 0 Å². The zero-order valence-electron chi connectivity index (χ0n) is 10.9. The van der Waals surface area contributed by atoms with Crippen molar-refractivity contribution in [1.82, 2.24) is 10.3 Å². The number of nitrogens with two attached hydrogens (primary N) is 1. The van der Waals surface area contributed by atoms with Crippen LogP contribution < -0.4 is 5.73 Å². The standard InChI is InChI=1S/C12H16N4OS/c1-5(2)7-9(13)10(16-18)8(6(3)4)12-11(7)14-17-15-12/h5-6H,13H2,1-4H3. The fraction of sp³-hybridized carbons (Fsp3) is 0.500. The topological polar surface area (TPSA) is 77.3 Å². The molecule has 0 fully saturated rings. The average molecular weight is 264 g/mol. The van der Waals surface area contributed by atoms with Crippen LogP contribution in [0.4, 0.5) is 11.4 Å². The monoisotopic (exact) mass is 264 g/mol. The lowest BCUT2D eigenvalue weighted by atomic mass is 9.91. The summed E-state index contributed by atoms with van der Waals surface area (Å²) in [6.07, 6.45) is 0. The summed E-state index contributed by atoms with van der Waals surface area (Å²) in [6.45, 7) is 8.17. The fourth-order valence-electron chi connectivity index (χ4n) is 2.28. The maximum absolute atomic E-state index is 6.19. The van der Waals surface area contributed by atoms with Gasteiger partial charge in [0.2, 0.25) is 0 Å². The molecule has 18 heavy (non-hydrogen) atoms. The number of anilines is 1. The molecule has 0 saturated heterocycles. The molecule has 2 aromatic rings. The molecular weight excluding hydrogens is 248 g/mol. The van der Waals surface area contributed by atoms with Crippen molar-refractivity contribution < 1.29 is 4.63 Å². The van der Waals surface area contributed by atoms with Crippen LogP contribution in [0.15, 0.2) is 8.99 Å². The van der Waals surface area contributed by atoms with Crippen LogP contribution in [-0.2, 0) is 12.4 Å². The molecule has 2 rings (SSSR count). The highest BCUT2D eigenvalue weighted by Crippen LogP contribution is 2.43. The molecular formula is C12H16N4OS. The largest absolute Gasteiger partial charge is 0.397 e. The molecule has 0 bridgehead atoms. The van der Waals surface area contributed by atoms with Gasteiger partial charge in [-0.25, -0.2) is 4.63 Å². The van der Waals surface area contributed by atoms with Crippen LogP contribution in [0.25, 0.3) is 11.0 Å². The van der Waals surface area contributed by atoms with Gasteiger partial charge in [-0.15, -0.1) is 0 Å². The quantitative estimate of drug-likeness (QED) is 0.859. The van der Waals surface area contributed by atoms with Gasteiger partial charge in [0.15, 0.2) is 0 Å². The first-order chi connectivity index (χ1) is 8.49. The van der Waals surface area contributed by atoms with Gasteiger partial charge in [-0.1, -0.05) is 27.7 Å². The smallest absolute Gasteiger partial charge is 0.141 e. The molecule has 2 N–H and O–H groups in total. The number of nitrogen functional groups attached to an aromatic ring is 1. The highest BCUT2D eigenvalue weighted by atomic mass is 32.1. The summed E-state index contributed by atoms with van der Waals surface area (Å²) >= 11 is 4.86. The lowest BCUT2D eigenvalue weighted by Gasteiger charge is -2.16. The molecule has 5 nitrogen and oxygen atoms in total. The van der Waals surface area contributed by atoms with E-state index in [1.807, 2.05) is 27.7 Å². The van der Waals surface area contributed by atoms with Gasteiger partial charge in [0.1, 0.15) is 16.7 Å². The zero-order valence-corrected chi connectivity index (χ0v) is 11.7. The van der Waals surface area contributed by atoms with Crippen LogP contribution >= 0.6 is 0 Å². The normalized spacial score (nSPS) is 11.7. The van der Waals surface area contributed by atoms with Crippen molar-refractivity contribution in [3.05, 3.63) is 11.1 Å². The van der Waals surface area contributed by atoms with E-state index in [2.05, 4.69) is 14.7 Å². The zero-order chi connectivity index (χ0) is 13.4. The highest BCUT2D eigenvalue weighted by Gasteiger charge is 2.24. The lowest BCUT2D eigenvalue weighted by Crippen LogP contribution is -2.03. The Morgan fingerprint density at radius 2 is 1.56 bits per heavy atom. The number of nitrogens with zero attached hydrogens (tertiary/aromatic N) is 3. The van der Waals surface area contributed by atoms with Gasteiger partial charge in [-0.05, 0) is 22.1 Å². The molecule has 96 valence electrons. The third-order valence-electron chi connectivity index (χ3n) is 3.05. The van der Waals surface area contributed by atoms with Gasteiger partial charge in [0.25, 0.3) is 0 Å². The van der Waals surface area contributed by atoms with E-state index in [9.17, 15) is 0 Å². The summed E-state index contributed by atoms with van der Waals surface area (Å²) in [6, 6.07) is 0. The van der Waals surface area contributed by atoms with Gasteiger partial charge < -0.3 is 5.73 Å². The van der Waals surface area contributed by atoms with Crippen LogP contribution in [0.2, 0.25) is 0 Å². The Bertz CT molecular complexity index is 604. The van der Waals surface area contributed by atoms with Crippen LogP contribution in [0.5, 0.6) is 0 Å². The lowest BCUT2D eigenvalue weighted by molar-refractivity contribution is 0.315. The van der Waals surface area contributed by atoms with Crippen molar-refractivity contribution in [2.45, 2.75) is 39.5 Å². The Kier molecular flexibility index (Phi) is 3.30. The van der Waals surface area contributed by atoms with Gasteiger partial charge in [0, 0.05) is 23.6 Å². The van der Waals surface area contributed by atoms with Gasteiger partial charge in [-0.2, -0.15) is 4.36 Å². The summed E-state index contributed by atoms with van der Waals surface area (Å²) in [5.74, 6) is 0.403. The number of hydrogen-bond donors (Lipinski definition) is 1. The van der Waals surface area contributed by atoms with Crippen molar-refractivity contribution >= 4 is 34.8 Å². The fourth-order valence-corrected chi connectivity index (χ4v) is 2.48. The average Bonchev–Trinajstić information content (AvgIpc) is 2.74. The first-order valence-corrected chi connectivity index (χ1v) is 6.26. The number of benzene rings is 1. The molecule has 0 aliphatic carbocycles. The Morgan fingerprint density at radius 3 is 2.00 bits per heavy atom. The molecule has 1 aromatic heterocycles. The van der Waals surface area contributed by atoms with E-state index in [0.717, 1.165) is 11.1 Å². The second-order valence-corrected chi connectivity index (χ2v) is 5.13. The summed E-state index contributed by atoms with van der Waals surface area (Å²) in [5, 5.41) is 7.96. The molecule has 1 heterocycles. The maximum Gasteiger partial charge on any atom is 0.141 e. The number of aromatic nitrogens is 2. The van der Waals surface area contributed by atoms with Gasteiger partial charge >= 0.3 is 0 Å². The number of hydrogen-bond acceptors (Lipinski definition) is 6. The van der Waals surface area contributed by atoms with Crippen LogP contribution in [0.1, 0.15) is 50.7 Å². The summed E-state index contributed by atoms with van der Waals surface area (Å²) < 4.78 is 8.78. The summed E-state index contributed by atoms with van der Waals surface area (Å²) in [7, 11) is 0. The van der Waals surface area contributed by atoms with Crippen molar-refractivity contribution in [2.75, 3.05) is 5.73 Å². The summed E-state index contributed by atoms with van der Waals surface area (Å²) in [5.41, 5.74) is 10.6. The first kappa shape index (κ1) is 12.9. The molecule has 0 radical (unpaired) electrons. The van der Waals surface area contributed by atoms with Crippen molar-refractivity contribution in [3.8, 4) is 0 Å². The molecule has 0 amide bonds. The molecule has 0 spiro atoms. The van der Waals surface area contributed by atoms with E-state index in [4.69, 9.17) is 22.8 Å². The molecule has 6 heteroatoms.